The smallest absolute Gasteiger partial charge is 0.327 e. The topological polar surface area (TPSA) is 214 Å². The van der Waals surface area contributed by atoms with Gasteiger partial charge in [0.25, 0.3) is 5.56 Å². The quantitative estimate of drug-likeness (QED) is 0.147. The van der Waals surface area contributed by atoms with Crippen LogP contribution in [0.3, 0.4) is 0 Å². The van der Waals surface area contributed by atoms with E-state index >= 15 is 0 Å². The molecule has 0 aromatic carbocycles. The van der Waals surface area contributed by atoms with Gasteiger partial charge in [0.2, 0.25) is 11.8 Å². The predicted octanol–water partition coefficient (Wildman–Crippen LogP) is 2.46. The van der Waals surface area contributed by atoms with Gasteiger partial charge in [-0.15, -0.1) is 0 Å². The second kappa shape index (κ2) is 15.0. The first-order chi connectivity index (χ1) is 23.0. The van der Waals surface area contributed by atoms with Crippen molar-refractivity contribution in [2.45, 2.75) is 56.3 Å². The molecule has 2 unspecified atom stereocenters. The van der Waals surface area contributed by atoms with Crippen molar-refractivity contribution in [2.24, 2.45) is 10.9 Å². The number of nitrogens with zero attached hydrogens (tertiary/aromatic N) is 8. The van der Waals surface area contributed by atoms with Gasteiger partial charge >= 0.3 is 13.4 Å². The molecule has 5 heterocycles. The van der Waals surface area contributed by atoms with Crippen LogP contribution >= 0.6 is 13.4 Å². The summed E-state index contributed by atoms with van der Waals surface area (Å²) >= 11 is 11.3. The SMILES string of the molecule is CN(C)C=Nc1nc2c(ncn2[C@@H]2O[C@@H]3COP(O)(=S)O[C@H]4C[C@H](Oc5ccncn5)C[C@@H]4COP(=S)(OCCC#N)O[C@@H]2C3)c(=O)[nH]1. The predicted molar refractivity (Wildman–Crippen MR) is 176 cm³/mol. The van der Waals surface area contributed by atoms with Crippen molar-refractivity contribution in [1.82, 2.24) is 34.4 Å². The summed E-state index contributed by atoms with van der Waals surface area (Å²) in [5, 5.41) is 9.18. The van der Waals surface area contributed by atoms with Gasteiger partial charge in [0.1, 0.15) is 18.5 Å². The molecule has 258 valence electrons. The fourth-order valence-electron chi connectivity index (χ4n) is 5.48. The number of nitrogens with one attached hydrogen (secondary N) is 1. The number of H-pyrrole nitrogens is 1. The van der Waals surface area contributed by atoms with Crippen molar-refractivity contribution < 1.29 is 37.0 Å². The normalized spacial score (nSPS) is 32.6. The second-order valence-electron chi connectivity index (χ2n) is 11.4. The zero-order valence-electron chi connectivity index (χ0n) is 25.8. The lowest BCUT2D eigenvalue weighted by molar-refractivity contribution is -0.0497. The van der Waals surface area contributed by atoms with E-state index in [0.29, 0.717) is 18.7 Å². The molecule has 0 radical (unpaired) electrons. The molecular weight excluding hydrogens is 708 g/mol. The average Bonchev–Trinajstić information content (AvgIpc) is 3.75. The third-order valence-corrected chi connectivity index (χ3v) is 11.5. The summed E-state index contributed by atoms with van der Waals surface area (Å²) in [6.45, 7) is -7.48. The molecule has 2 aliphatic heterocycles. The first-order valence-electron chi connectivity index (χ1n) is 14.9. The Morgan fingerprint density at radius 3 is 2.85 bits per heavy atom. The van der Waals surface area contributed by atoms with E-state index in [9.17, 15) is 14.9 Å². The van der Waals surface area contributed by atoms with Gasteiger partial charge in [0.15, 0.2) is 17.4 Å². The van der Waals surface area contributed by atoms with Crippen molar-refractivity contribution in [3.8, 4) is 11.9 Å². The van der Waals surface area contributed by atoms with Crippen molar-refractivity contribution in [2.75, 3.05) is 33.9 Å². The number of ether oxygens (including phenoxy) is 2. The number of aromatic nitrogens is 6. The highest BCUT2D eigenvalue weighted by molar-refractivity contribution is 8.07. The lowest BCUT2D eigenvalue weighted by atomic mass is 10.1. The molecule has 6 rings (SSSR count). The van der Waals surface area contributed by atoms with Crippen LogP contribution in [0.2, 0.25) is 0 Å². The largest absolute Gasteiger partial charge is 0.474 e. The lowest BCUT2D eigenvalue weighted by Crippen LogP contribution is -2.25. The number of aliphatic imine (C=N–C) groups is 1. The Balaban J connectivity index is 1.30. The Morgan fingerprint density at radius 1 is 1.23 bits per heavy atom. The summed E-state index contributed by atoms with van der Waals surface area (Å²) in [5.41, 5.74) is -0.257. The molecule has 2 N–H and O–H groups in total. The molecule has 8 atom stereocenters. The van der Waals surface area contributed by atoms with Crippen LogP contribution in [0.5, 0.6) is 5.88 Å². The van der Waals surface area contributed by atoms with Crippen molar-refractivity contribution in [3.05, 3.63) is 35.3 Å². The van der Waals surface area contributed by atoms with Crippen LogP contribution in [0.15, 0.2) is 34.7 Å². The van der Waals surface area contributed by atoms with Crippen LogP contribution in [0.25, 0.3) is 11.2 Å². The number of rotatable bonds is 8. The maximum Gasteiger partial charge on any atom is 0.327 e. The number of hydrogen-bond acceptors (Lipinski definition) is 16. The van der Waals surface area contributed by atoms with E-state index in [4.69, 9.17) is 55.7 Å². The van der Waals surface area contributed by atoms with Gasteiger partial charge in [0.05, 0.1) is 57.2 Å². The minimum Gasteiger partial charge on any atom is -0.474 e. The fraction of sp³-hybridized carbons (Fsp3) is 0.577. The van der Waals surface area contributed by atoms with E-state index in [1.807, 2.05) is 6.07 Å². The number of hydrogen-bond donors (Lipinski definition) is 2. The van der Waals surface area contributed by atoms with Crippen LogP contribution in [0, 0.1) is 17.2 Å². The van der Waals surface area contributed by atoms with E-state index < -0.39 is 43.5 Å². The summed E-state index contributed by atoms with van der Waals surface area (Å²) in [7, 11) is 3.56. The van der Waals surface area contributed by atoms with Gasteiger partial charge in [-0.25, -0.2) is 19.9 Å². The number of nitriles is 1. The highest BCUT2D eigenvalue weighted by Gasteiger charge is 2.46. The number of imidazole rings is 1. The van der Waals surface area contributed by atoms with Gasteiger partial charge in [-0.3, -0.25) is 14.3 Å². The van der Waals surface area contributed by atoms with Crippen LogP contribution in [0.1, 0.15) is 31.9 Å². The molecule has 1 aliphatic carbocycles. The Morgan fingerprint density at radius 2 is 2.08 bits per heavy atom. The molecular formula is C26H33N9O9P2S2. The van der Waals surface area contributed by atoms with Crippen LogP contribution < -0.4 is 10.3 Å². The van der Waals surface area contributed by atoms with Crippen molar-refractivity contribution >= 4 is 60.5 Å². The van der Waals surface area contributed by atoms with Crippen LogP contribution in [-0.2, 0) is 51.0 Å². The van der Waals surface area contributed by atoms with Crippen LogP contribution in [0.4, 0.5) is 5.95 Å². The molecule has 3 aromatic rings. The summed E-state index contributed by atoms with van der Waals surface area (Å²) in [4.78, 5) is 49.2. The van der Waals surface area contributed by atoms with Gasteiger partial charge in [-0.2, -0.15) is 10.2 Å². The zero-order valence-corrected chi connectivity index (χ0v) is 29.2. The van der Waals surface area contributed by atoms with Gasteiger partial charge < -0.3 is 41.9 Å². The summed E-state index contributed by atoms with van der Waals surface area (Å²) < 4.78 is 44.4. The molecule has 3 aromatic heterocycles. The first-order valence-corrected chi connectivity index (χ1v) is 20.0. The van der Waals surface area contributed by atoms with E-state index in [2.05, 4.69) is 29.9 Å². The fourth-order valence-corrected chi connectivity index (χ4v) is 9.16. The monoisotopic (exact) mass is 741 g/mol. The maximum absolute atomic E-state index is 12.9. The van der Waals surface area contributed by atoms with E-state index in [0.717, 1.165) is 0 Å². The Labute approximate surface area is 284 Å². The summed E-state index contributed by atoms with van der Waals surface area (Å²) in [6, 6.07) is 3.67. The van der Waals surface area contributed by atoms with Gasteiger partial charge in [-0.1, -0.05) is 0 Å². The van der Waals surface area contributed by atoms with E-state index in [-0.39, 0.29) is 61.8 Å². The molecule has 18 nitrogen and oxygen atoms in total. The molecule has 2 bridgehead atoms. The molecule has 0 spiro atoms. The van der Waals surface area contributed by atoms with Crippen molar-refractivity contribution in [3.63, 3.8) is 0 Å². The Kier molecular flexibility index (Phi) is 10.9. The third-order valence-electron chi connectivity index (χ3n) is 7.55. The number of aromatic amines is 1. The number of fused-ring (bicyclic) bond motifs is 4. The zero-order chi connectivity index (χ0) is 33.9. The summed E-state index contributed by atoms with van der Waals surface area (Å²) in [5.74, 6) is 0.0950. The van der Waals surface area contributed by atoms with Crippen molar-refractivity contribution in [1.29, 1.82) is 5.26 Å². The highest BCUT2D eigenvalue weighted by atomic mass is 32.5. The Hall–Kier alpha value is -2.79. The molecule has 22 heteroatoms. The Bertz CT molecular complexity index is 1830. The minimum absolute atomic E-state index is 0.00726. The van der Waals surface area contributed by atoms with Gasteiger partial charge in [-0.05, 0) is 30.0 Å². The van der Waals surface area contributed by atoms with E-state index in [1.54, 1.807) is 35.8 Å². The summed E-state index contributed by atoms with van der Waals surface area (Å²) in [6.07, 6.45) is 3.57. The lowest BCUT2D eigenvalue weighted by Gasteiger charge is -2.30. The third kappa shape index (κ3) is 8.49. The molecule has 48 heavy (non-hydrogen) atoms. The second-order valence-corrected chi connectivity index (χ2v) is 17.1. The van der Waals surface area contributed by atoms with Gasteiger partial charge in [0, 0.05) is 45.1 Å². The average molecular weight is 742 g/mol. The minimum atomic E-state index is -3.77. The molecule has 2 saturated heterocycles. The highest BCUT2D eigenvalue weighted by Crippen LogP contribution is 2.57. The molecule has 0 amide bonds. The maximum atomic E-state index is 12.9. The van der Waals surface area contributed by atoms with E-state index in [1.165, 1.54) is 19.0 Å². The first kappa shape index (κ1) is 35.1. The molecule has 1 saturated carbocycles. The standard InChI is InChI=1S/C26H33N9O9P2S2/c1-34(2)14-31-26-32-23-22(24(36)33-26)30-15-35(23)25-20-10-18(42-25)12-39-45(37,47)43-19-9-17(41-21-4-6-28-13-29-21)8-16(19)11-40-46(48,44-20)38-7-3-5-27/h4,6,13-20,25H,3,7-12H2,1-2H3,(H,37,47)(H,32,33,36)/t16-,17-,18+,19+,20-,25-,45?,46?/m1/s1. The van der Waals surface area contributed by atoms with Crippen LogP contribution in [-0.4, -0.2) is 104 Å². The molecule has 3 fully saturated rings. The molecule has 3 aliphatic rings.